The van der Waals surface area contributed by atoms with Gasteiger partial charge in [-0.3, -0.25) is 9.20 Å². The van der Waals surface area contributed by atoms with Crippen LogP contribution >= 0.6 is 0 Å². The van der Waals surface area contributed by atoms with E-state index >= 15 is 0 Å². The van der Waals surface area contributed by atoms with E-state index in [1.807, 2.05) is 28.8 Å². The van der Waals surface area contributed by atoms with Crippen molar-refractivity contribution in [2.75, 3.05) is 30.4 Å². The standard InChI is InChI=1S/C20H21N5O3/c1-28-19(27)15-5-4-6-16(13-15)21-18(26)14-8-11-24(12-9-14)20-23-22-17-7-2-3-10-25(17)20/h2-7,10,13-14H,8-9,11-12H2,1H3,(H,21,26). The number of benzene rings is 1. The van der Waals surface area contributed by atoms with Crippen molar-refractivity contribution in [1.29, 1.82) is 0 Å². The summed E-state index contributed by atoms with van der Waals surface area (Å²) in [5, 5.41) is 11.4. The van der Waals surface area contributed by atoms with Gasteiger partial charge in [-0.15, -0.1) is 10.2 Å². The number of fused-ring (bicyclic) bond motifs is 1. The Bertz CT molecular complexity index is 1010. The molecule has 1 saturated heterocycles. The van der Waals surface area contributed by atoms with E-state index in [0.29, 0.717) is 11.3 Å². The van der Waals surface area contributed by atoms with E-state index < -0.39 is 5.97 Å². The number of ether oxygens (including phenoxy) is 1. The van der Waals surface area contributed by atoms with Crippen molar-refractivity contribution in [3.05, 3.63) is 54.2 Å². The van der Waals surface area contributed by atoms with Crippen LogP contribution in [-0.2, 0) is 9.53 Å². The molecule has 0 spiro atoms. The van der Waals surface area contributed by atoms with Crippen LogP contribution in [0.25, 0.3) is 5.65 Å². The minimum absolute atomic E-state index is 0.0345. The van der Waals surface area contributed by atoms with Gasteiger partial charge in [0.1, 0.15) is 0 Å². The van der Waals surface area contributed by atoms with Crippen molar-refractivity contribution < 1.29 is 14.3 Å². The highest BCUT2D eigenvalue weighted by Crippen LogP contribution is 2.24. The number of esters is 1. The minimum atomic E-state index is -0.426. The number of hydrogen-bond donors (Lipinski definition) is 1. The zero-order valence-corrected chi connectivity index (χ0v) is 15.5. The van der Waals surface area contributed by atoms with E-state index in [1.54, 1.807) is 24.3 Å². The summed E-state index contributed by atoms with van der Waals surface area (Å²) < 4.78 is 6.68. The van der Waals surface area contributed by atoms with Gasteiger partial charge in [0.15, 0.2) is 5.65 Å². The van der Waals surface area contributed by atoms with Gasteiger partial charge in [-0.1, -0.05) is 12.1 Å². The van der Waals surface area contributed by atoms with E-state index in [1.165, 1.54) is 7.11 Å². The van der Waals surface area contributed by atoms with Gasteiger partial charge in [-0.2, -0.15) is 0 Å². The first kappa shape index (κ1) is 18.0. The number of anilines is 2. The smallest absolute Gasteiger partial charge is 0.337 e. The van der Waals surface area contributed by atoms with Crippen LogP contribution in [0.1, 0.15) is 23.2 Å². The average molecular weight is 379 g/mol. The number of rotatable bonds is 4. The molecule has 28 heavy (non-hydrogen) atoms. The molecule has 1 aliphatic heterocycles. The Labute approximate surface area is 162 Å². The van der Waals surface area contributed by atoms with E-state index in [-0.39, 0.29) is 11.8 Å². The predicted octanol–water partition coefficient (Wildman–Crippen LogP) is 2.37. The lowest BCUT2D eigenvalue weighted by atomic mass is 9.96. The highest BCUT2D eigenvalue weighted by atomic mass is 16.5. The second-order valence-corrected chi connectivity index (χ2v) is 6.75. The number of amides is 1. The quantitative estimate of drug-likeness (QED) is 0.700. The van der Waals surface area contributed by atoms with Gasteiger partial charge < -0.3 is 15.0 Å². The van der Waals surface area contributed by atoms with Gasteiger partial charge in [0.2, 0.25) is 11.9 Å². The summed E-state index contributed by atoms with van der Waals surface area (Å²) >= 11 is 0. The van der Waals surface area contributed by atoms with E-state index in [2.05, 4.69) is 20.4 Å². The molecule has 4 rings (SSSR count). The summed E-state index contributed by atoms with van der Waals surface area (Å²) in [6.45, 7) is 1.46. The SMILES string of the molecule is COC(=O)c1cccc(NC(=O)C2CCN(c3nnc4ccccn34)CC2)c1. The maximum Gasteiger partial charge on any atom is 0.337 e. The van der Waals surface area contributed by atoms with E-state index in [9.17, 15) is 9.59 Å². The van der Waals surface area contributed by atoms with Crippen LogP contribution in [0.15, 0.2) is 48.7 Å². The molecule has 1 amide bonds. The summed E-state index contributed by atoms with van der Waals surface area (Å²) in [4.78, 5) is 26.4. The van der Waals surface area contributed by atoms with Gasteiger partial charge in [-0.05, 0) is 43.2 Å². The van der Waals surface area contributed by atoms with Crippen molar-refractivity contribution in [2.24, 2.45) is 5.92 Å². The number of piperidine rings is 1. The molecule has 0 saturated carbocycles. The molecule has 1 N–H and O–H groups in total. The first-order chi connectivity index (χ1) is 13.7. The number of pyridine rings is 1. The van der Waals surface area contributed by atoms with Crippen LogP contribution in [0, 0.1) is 5.92 Å². The molecular weight excluding hydrogens is 358 g/mol. The topological polar surface area (TPSA) is 88.8 Å². The van der Waals surface area contributed by atoms with Crippen LogP contribution in [0.3, 0.4) is 0 Å². The second kappa shape index (κ2) is 7.67. The number of hydrogen-bond acceptors (Lipinski definition) is 6. The van der Waals surface area contributed by atoms with Crippen LogP contribution in [0.5, 0.6) is 0 Å². The zero-order chi connectivity index (χ0) is 19.5. The fourth-order valence-corrected chi connectivity index (χ4v) is 3.47. The van der Waals surface area contributed by atoms with Gasteiger partial charge in [0, 0.05) is 30.9 Å². The Balaban J connectivity index is 1.38. The zero-order valence-electron chi connectivity index (χ0n) is 15.5. The Morgan fingerprint density at radius 2 is 1.93 bits per heavy atom. The first-order valence-electron chi connectivity index (χ1n) is 9.19. The summed E-state index contributed by atoms with van der Waals surface area (Å²) in [6.07, 6.45) is 3.40. The highest BCUT2D eigenvalue weighted by molar-refractivity contribution is 5.95. The number of nitrogens with zero attached hydrogens (tertiary/aromatic N) is 4. The van der Waals surface area contributed by atoms with Crippen molar-refractivity contribution in [3.63, 3.8) is 0 Å². The van der Waals surface area contributed by atoms with Crippen molar-refractivity contribution >= 4 is 29.2 Å². The fourth-order valence-electron chi connectivity index (χ4n) is 3.47. The van der Waals surface area contributed by atoms with Crippen LogP contribution < -0.4 is 10.2 Å². The molecule has 0 atom stereocenters. The molecule has 3 heterocycles. The van der Waals surface area contributed by atoms with Crippen molar-refractivity contribution in [1.82, 2.24) is 14.6 Å². The number of carbonyl (C=O) groups is 2. The molecule has 1 aromatic carbocycles. The maximum absolute atomic E-state index is 12.6. The van der Waals surface area contributed by atoms with Crippen molar-refractivity contribution in [3.8, 4) is 0 Å². The number of aromatic nitrogens is 3. The summed E-state index contributed by atoms with van der Waals surface area (Å²) in [6, 6.07) is 12.6. The van der Waals surface area contributed by atoms with E-state index in [0.717, 1.165) is 37.5 Å². The molecule has 2 aromatic heterocycles. The normalized spacial score (nSPS) is 14.8. The average Bonchev–Trinajstić information content (AvgIpc) is 3.17. The van der Waals surface area contributed by atoms with Crippen LogP contribution in [0.4, 0.5) is 11.6 Å². The first-order valence-corrected chi connectivity index (χ1v) is 9.19. The minimum Gasteiger partial charge on any atom is -0.465 e. The molecular formula is C20H21N5O3. The molecule has 0 aliphatic carbocycles. The summed E-state index contributed by atoms with van der Waals surface area (Å²) in [5.41, 5.74) is 1.82. The van der Waals surface area contributed by atoms with Gasteiger partial charge in [-0.25, -0.2) is 4.79 Å². The predicted molar refractivity (Wildman–Crippen MR) is 104 cm³/mol. The molecule has 3 aromatic rings. The molecule has 1 fully saturated rings. The van der Waals surface area contributed by atoms with Gasteiger partial charge >= 0.3 is 5.97 Å². The molecule has 1 aliphatic rings. The number of carbonyl (C=O) groups excluding carboxylic acids is 2. The molecule has 8 nitrogen and oxygen atoms in total. The number of methoxy groups -OCH3 is 1. The lowest BCUT2D eigenvalue weighted by Crippen LogP contribution is -2.39. The summed E-state index contributed by atoms with van der Waals surface area (Å²) in [7, 11) is 1.33. The highest BCUT2D eigenvalue weighted by Gasteiger charge is 2.27. The largest absolute Gasteiger partial charge is 0.465 e. The maximum atomic E-state index is 12.6. The summed E-state index contributed by atoms with van der Waals surface area (Å²) in [5.74, 6) is 0.259. The van der Waals surface area contributed by atoms with Gasteiger partial charge in [0.25, 0.3) is 0 Å². The monoisotopic (exact) mass is 379 g/mol. The van der Waals surface area contributed by atoms with Gasteiger partial charge in [0.05, 0.1) is 12.7 Å². The Hall–Kier alpha value is -3.42. The number of nitrogens with one attached hydrogen (secondary N) is 1. The van der Waals surface area contributed by atoms with E-state index in [4.69, 9.17) is 4.74 Å². The Morgan fingerprint density at radius 1 is 1.11 bits per heavy atom. The molecule has 0 radical (unpaired) electrons. The third kappa shape index (κ3) is 3.53. The fraction of sp³-hybridized carbons (Fsp3) is 0.300. The Kier molecular flexibility index (Phi) is 4.92. The molecule has 0 unspecified atom stereocenters. The molecule has 144 valence electrons. The third-order valence-electron chi connectivity index (χ3n) is 5.00. The van der Waals surface area contributed by atoms with Crippen LogP contribution in [0.2, 0.25) is 0 Å². The second-order valence-electron chi connectivity index (χ2n) is 6.75. The third-order valence-corrected chi connectivity index (χ3v) is 5.00. The lowest BCUT2D eigenvalue weighted by Gasteiger charge is -2.31. The van der Waals surface area contributed by atoms with Crippen molar-refractivity contribution in [2.45, 2.75) is 12.8 Å². The molecule has 8 heteroatoms. The lowest BCUT2D eigenvalue weighted by molar-refractivity contribution is -0.120. The van der Waals surface area contributed by atoms with Crippen LogP contribution in [-0.4, -0.2) is 46.7 Å². The Morgan fingerprint density at radius 3 is 2.71 bits per heavy atom. The molecule has 0 bridgehead atoms.